The van der Waals surface area contributed by atoms with Crippen LogP contribution >= 0.6 is 11.8 Å². The van der Waals surface area contributed by atoms with Crippen LogP contribution in [0.1, 0.15) is 44.2 Å². The monoisotopic (exact) mass is 285 g/mol. The van der Waals surface area contributed by atoms with Gasteiger partial charge in [-0.05, 0) is 38.2 Å². The van der Waals surface area contributed by atoms with E-state index in [9.17, 15) is 8.78 Å². The van der Waals surface area contributed by atoms with Gasteiger partial charge in [-0.2, -0.15) is 11.8 Å². The largest absolute Gasteiger partial charge is 0.306 e. The second kappa shape index (κ2) is 6.71. The Bertz CT molecular complexity index is 404. The Hall–Kier alpha value is -0.610. The molecule has 106 valence electrons. The highest BCUT2D eigenvalue weighted by Crippen LogP contribution is 2.30. The summed E-state index contributed by atoms with van der Waals surface area (Å²) in [5.41, 5.74) is 0.160. The van der Waals surface area contributed by atoms with E-state index < -0.39 is 11.6 Å². The Kier molecular flexibility index (Phi) is 5.22. The molecule has 1 N–H and O–H groups in total. The smallest absolute Gasteiger partial charge is 0.130 e. The fourth-order valence-corrected chi connectivity index (χ4v) is 3.84. The maximum Gasteiger partial charge on any atom is 0.130 e. The minimum Gasteiger partial charge on any atom is -0.306 e. The van der Waals surface area contributed by atoms with Crippen molar-refractivity contribution in [2.24, 2.45) is 0 Å². The molecular formula is C15H21F2NS. The lowest BCUT2D eigenvalue weighted by atomic mass is 9.93. The minimum atomic E-state index is -0.462. The van der Waals surface area contributed by atoms with Crippen LogP contribution in [0.5, 0.6) is 0 Å². The third-order valence-corrected chi connectivity index (χ3v) is 5.07. The zero-order valence-electron chi connectivity index (χ0n) is 11.5. The Morgan fingerprint density at radius 3 is 2.47 bits per heavy atom. The summed E-state index contributed by atoms with van der Waals surface area (Å²) in [5.74, 6) is -0.923. The lowest BCUT2D eigenvalue weighted by Crippen LogP contribution is -2.42. The predicted molar refractivity (Wildman–Crippen MR) is 77.5 cm³/mol. The molecule has 0 amide bonds. The van der Waals surface area contributed by atoms with Crippen LogP contribution in [-0.2, 0) is 0 Å². The number of halogens is 2. The van der Waals surface area contributed by atoms with Gasteiger partial charge in [-0.15, -0.1) is 0 Å². The van der Waals surface area contributed by atoms with Crippen molar-refractivity contribution in [2.75, 3.05) is 6.26 Å². The number of rotatable bonds is 4. The first-order chi connectivity index (χ1) is 9.13. The third kappa shape index (κ3) is 3.48. The number of thioether (sulfide) groups is 1. The van der Waals surface area contributed by atoms with E-state index in [1.807, 2.05) is 18.7 Å². The maximum atomic E-state index is 13.7. The Labute approximate surface area is 118 Å². The molecule has 0 aliphatic heterocycles. The zero-order chi connectivity index (χ0) is 13.8. The first-order valence-electron chi connectivity index (χ1n) is 6.86. The van der Waals surface area contributed by atoms with E-state index in [0.29, 0.717) is 11.3 Å². The average Bonchev–Trinajstić information content (AvgIpc) is 2.39. The number of nitrogens with one attached hydrogen (secondary N) is 1. The summed E-state index contributed by atoms with van der Waals surface area (Å²) in [7, 11) is 0. The van der Waals surface area contributed by atoms with E-state index in [0.717, 1.165) is 6.42 Å². The number of hydrogen-bond donors (Lipinski definition) is 1. The zero-order valence-corrected chi connectivity index (χ0v) is 12.3. The summed E-state index contributed by atoms with van der Waals surface area (Å²) in [6.07, 6.45) is 6.84. The van der Waals surface area contributed by atoms with Crippen LogP contribution in [0.25, 0.3) is 0 Å². The van der Waals surface area contributed by atoms with Gasteiger partial charge in [0.25, 0.3) is 0 Å². The summed E-state index contributed by atoms with van der Waals surface area (Å²) in [6.45, 7) is 1.84. The summed E-state index contributed by atoms with van der Waals surface area (Å²) >= 11 is 1.85. The van der Waals surface area contributed by atoms with Crippen LogP contribution < -0.4 is 5.32 Å². The van der Waals surface area contributed by atoms with Crippen LogP contribution in [-0.4, -0.2) is 17.5 Å². The van der Waals surface area contributed by atoms with Crippen molar-refractivity contribution in [1.82, 2.24) is 5.32 Å². The SMILES string of the molecule is CSC1CCCCC1NC(C)c1c(F)cccc1F. The molecule has 1 saturated carbocycles. The van der Waals surface area contributed by atoms with Crippen LogP contribution in [0.4, 0.5) is 8.78 Å². The predicted octanol–water partition coefficient (Wildman–Crippen LogP) is 4.29. The lowest BCUT2D eigenvalue weighted by Gasteiger charge is -2.33. The van der Waals surface area contributed by atoms with Gasteiger partial charge in [0.15, 0.2) is 0 Å². The van der Waals surface area contributed by atoms with Crippen LogP contribution in [0.15, 0.2) is 18.2 Å². The highest BCUT2D eigenvalue weighted by atomic mass is 32.2. The van der Waals surface area contributed by atoms with E-state index in [1.54, 1.807) is 0 Å². The van der Waals surface area contributed by atoms with Crippen molar-refractivity contribution in [2.45, 2.75) is 49.9 Å². The van der Waals surface area contributed by atoms with E-state index >= 15 is 0 Å². The summed E-state index contributed by atoms with van der Waals surface area (Å²) in [5, 5.41) is 3.96. The number of benzene rings is 1. The van der Waals surface area contributed by atoms with Crippen molar-refractivity contribution < 1.29 is 8.78 Å². The molecule has 0 spiro atoms. The van der Waals surface area contributed by atoms with Gasteiger partial charge < -0.3 is 5.32 Å². The highest BCUT2D eigenvalue weighted by Gasteiger charge is 2.27. The molecule has 1 nitrogen and oxygen atoms in total. The molecule has 3 unspecified atom stereocenters. The molecule has 19 heavy (non-hydrogen) atoms. The van der Waals surface area contributed by atoms with E-state index in [2.05, 4.69) is 11.6 Å². The molecule has 0 aromatic heterocycles. The van der Waals surface area contributed by atoms with Gasteiger partial charge in [-0.3, -0.25) is 0 Å². The molecule has 1 aliphatic carbocycles. The van der Waals surface area contributed by atoms with Crippen molar-refractivity contribution in [3.63, 3.8) is 0 Å². The summed E-state index contributed by atoms with van der Waals surface area (Å²) in [4.78, 5) is 0. The summed E-state index contributed by atoms with van der Waals surface area (Å²) in [6, 6.07) is 4.11. The highest BCUT2D eigenvalue weighted by molar-refractivity contribution is 7.99. The minimum absolute atomic E-state index is 0.160. The average molecular weight is 285 g/mol. The maximum absolute atomic E-state index is 13.7. The molecule has 1 aromatic rings. The topological polar surface area (TPSA) is 12.0 Å². The van der Waals surface area contributed by atoms with Crippen molar-refractivity contribution >= 4 is 11.8 Å². The van der Waals surface area contributed by atoms with E-state index in [1.165, 1.54) is 37.5 Å². The molecule has 4 heteroatoms. The van der Waals surface area contributed by atoms with Crippen LogP contribution in [0.2, 0.25) is 0 Å². The third-order valence-electron chi connectivity index (χ3n) is 3.90. The second-order valence-electron chi connectivity index (χ2n) is 5.19. The molecule has 0 bridgehead atoms. The van der Waals surface area contributed by atoms with Crippen molar-refractivity contribution in [3.05, 3.63) is 35.4 Å². The van der Waals surface area contributed by atoms with Gasteiger partial charge in [-0.25, -0.2) is 8.78 Å². The first kappa shape index (κ1) is 14.8. The van der Waals surface area contributed by atoms with Crippen LogP contribution in [0, 0.1) is 11.6 Å². The Balaban J connectivity index is 2.09. The van der Waals surface area contributed by atoms with Crippen molar-refractivity contribution in [1.29, 1.82) is 0 Å². The van der Waals surface area contributed by atoms with Gasteiger partial charge in [-0.1, -0.05) is 18.9 Å². The second-order valence-corrected chi connectivity index (χ2v) is 6.27. The van der Waals surface area contributed by atoms with Gasteiger partial charge >= 0.3 is 0 Å². The fraction of sp³-hybridized carbons (Fsp3) is 0.600. The van der Waals surface area contributed by atoms with Gasteiger partial charge in [0, 0.05) is 22.9 Å². The molecular weight excluding hydrogens is 264 g/mol. The van der Waals surface area contributed by atoms with Crippen LogP contribution in [0.3, 0.4) is 0 Å². The quantitative estimate of drug-likeness (QED) is 0.885. The molecule has 2 rings (SSSR count). The normalized spacial score (nSPS) is 25.3. The molecule has 1 fully saturated rings. The number of hydrogen-bond acceptors (Lipinski definition) is 2. The first-order valence-corrected chi connectivity index (χ1v) is 8.15. The molecule has 1 aromatic carbocycles. The standard InChI is InChI=1S/C15H21F2NS/c1-10(15-11(16)6-5-7-12(15)17)18-13-8-3-4-9-14(13)19-2/h5-7,10,13-14,18H,3-4,8-9H2,1-2H3. The molecule has 0 saturated heterocycles. The molecule has 1 aliphatic rings. The molecule has 0 heterocycles. The summed E-state index contributed by atoms with van der Waals surface area (Å²) < 4.78 is 27.5. The van der Waals surface area contributed by atoms with Gasteiger partial charge in [0.1, 0.15) is 11.6 Å². The lowest BCUT2D eigenvalue weighted by molar-refractivity contribution is 0.347. The van der Waals surface area contributed by atoms with E-state index in [-0.39, 0.29) is 11.6 Å². The molecule has 0 radical (unpaired) electrons. The Morgan fingerprint density at radius 1 is 1.21 bits per heavy atom. The fourth-order valence-electron chi connectivity index (χ4n) is 2.90. The van der Waals surface area contributed by atoms with E-state index in [4.69, 9.17) is 0 Å². The molecule has 3 atom stereocenters. The Morgan fingerprint density at radius 2 is 1.84 bits per heavy atom. The van der Waals surface area contributed by atoms with Gasteiger partial charge in [0.2, 0.25) is 0 Å². The van der Waals surface area contributed by atoms with Gasteiger partial charge in [0.05, 0.1) is 0 Å². The van der Waals surface area contributed by atoms with Crippen molar-refractivity contribution in [3.8, 4) is 0 Å².